The average Bonchev–Trinajstić information content (AvgIpc) is 2.58. The summed E-state index contributed by atoms with van der Waals surface area (Å²) in [6, 6.07) is 5.79. The highest BCUT2D eigenvalue weighted by molar-refractivity contribution is 7.99. The molecule has 6 nitrogen and oxygen atoms in total. The van der Waals surface area contributed by atoms with E-state index < -0.39 is 12.0 Å². The summed E-state index contributed by atoms with van der Waals surface area (Å²) in [5, 5.41) is 14.6. The van der Waals surface area contributed by atoms with Crippen LogP contribution in [-0.2, 0) is 9.59 Å². The Kier molecular flexibility index (Phi) is 9.37. The fraction of sp³-hybridized carbons (Fsp3) is 0.471. The Morgan fingerprint density at radius 3 is 2.44 bits per heavy atom. The van der Waals surface area contributed by atoms with Gasteiger partial charge in [-0.2, -0.15) is 0 Å². The van der Waals surface area contributed by atoms with Crippen LogP contribution in [0.25, 0.3) is 0 Å². The fourth-order valence-corrected chi connectivity index (χ4v) is 2.73. The molecule has 0 aliphatic carbocycles. The first kappa shape index (κ1) is 21.3. The topological polar surface area (TPSA) is 95.5 Å². The molecule has 2 amide bonds. The Morgan fingerprint density at radius 2 is 1.88 bits per heavy atom. The molecular formula is C17H23ClN2O4S. The van der Waals surface area contributed by atoms with Crippen LogP contribution < -0.4 is 10.6 Å². The van der Waals surface area contributed by atoms with Gasteiger partial charge in [0.05, 0.1) is 5.75 Å². The van der Waals surface area contributed by atoms with Crippen LogP contribution in [0.2, 0.25) is 5.02 Å². The molecule has 0 aliphatic rings. The first-order valence-electron chi connectivity index (χ1n) is 7.98. The van der Waals surface area contributed by atoms with Crippen LogP contribution in [0.4, 0.5) is 0 Å². The number of carbonyl (C=O) groups is 3. The van der Waals surface area contributed by atoms with Gasteiger partial charge in [0, 0.05) is 22.9 Å². The summed E-state index contributed by atoms with van der Waals surface area (Å²) >= 11 is 7.04. The molecule has 0 aliphatic heterocycles. The number of hydrogen-bond donors (Lipinski definition) is 3. The summed E-state index contributed by atoms with van der Waals surface area (Å²) < 4.78 is 0. The average molecular weight is 387 g/mol. The van der Waals surface area contributed by atoms with Gasteiger partial charge in [0.25, 0.3) is 5.91 Å². The zero-order valence-corrected chi connectivity index (χ0v) is 15.8. The van der Waals surface area contributed by atoms with Crippen LogP contribution in [0, 0.1) is 5.92 Å². The summed E-state index contributed by atoms with van der Waals surface area (Å²) in [5.41, 5.74) is 0.433. The minimum atomic E-state index is -0.885. The first-order chi connectivity index (χ1) is 11.8. The second-order valence-corrected chi connectivity index (χ2v) is 7.12. The Balaban J connectivity index is 2.60. The van der Waals surface area contributed by atoms with Crippen molar-refractivity contribution in [2.45, 2.75) is 26.3 Å². The van der Waals surface area contributed by atoms with Gasteiger partial charge in [0.2, 0.25) is 5.91 Å². The number of benzene rings is 1. The molecule has 2 atom stereocenters. The third kappa shape index (κ3) is 7.79. The lowest BCUT2D eigenvalue weighted by atomic mass is 9.98. The van der Waals surface area contributed by atoms with Crippen molar-refractivity contribution >= 4 is 41.1 Å². The third-order valence-electron chi connectivity index (χ3n) is 3.66. The molecule has 0 bridgehead atoms. The summed E-state index contributed by atoms with van der Waals surface area (Å²) in [4.78, 5) is 35.2. The van der Waals surface area contributed by atoms with Crippen molar-refractivity contribution in [3.63, 3.8) is 0 Å². The minimum absolute atomic E-state index is 0.00202. The van der Waals surface area contributed by atoms with Gasteiger partial charge in [-0.15, -0.1) is 11.8 Å². The molecule has 0 saturated heterocycles. The van der Waals surface area contributed by atoms with Crippen molar-refractivity contribution in [1.82, 2.24) is 10.6 Å². The highest BCUT2D eigenvalue weighted by atomic mass is 35.5. The second-order valence-electron chi connectivity index (χ2n) is 5.58. The number of hydrogen-bond acceptors (Lipinski definition) is 4. The minimum Gasteiger partial charge on any atom is -0.481 e. The maximum atomic E-state index is 12.4. The Hall–Kier alpha value is -1.73. The molecule has 1 aromatic carbocycles. The van der Waals surface area contributed by atoms with Crippen LogP contribution in [0.15, 0.2) is 24.3 Å². The van der Waals surface area contributed by atoms with E-state index in [0.29, 0.717) is 22.9 Å². The number of carboxylic acid groups (broad SMARTS) is 1. The lowest BCUT2D eigenvalue weighted by Gasteiger charge is -2.23. The summed E-state index contributed by atoms with van der Waals surface area (Å²) in [6.07, 6.45) is 0.729. The van der Waals surface area contributed by atoms with E-state index in [0.717, 1.165) is 6.42 Å². The quantitative estimate of drug-likeness (QED) is 0.537. The van der Waals surface area contributed by atoms with Crippen molar-refractivity contribution in [2.24, 2.45) is 5.92 Å². The van der Waals surface area contributed by atoms with E-state index in [1.54, 1.807) is 24.3 Å². The lowest BCUT2D eigenvalue weighted by molar-refractivity contribution is -0.133. The second kappa shape index (κ2) is 11.0. The highest BCUT2D eigenvalue weighted by Crippen LogP contribution is 2.12. The van der Waals surface area contributed by atoms with Gasteiger partial charge in [-0.05, 0) is 30.2 Å². The van der Waals surface area contributed by atoms with Gasteiger partial charge < -0.3 is 15.7 Å². The molecule has 0 radical (unpaired) electrons. The molecule has 1 aromatic rings. The molecule has 2 unspecified atom stereocenters. The summed E-state index contributed by atoms with van der Waals surface area (Å²) in [6.45, 7) is 4.19. The standard InChI is InChI=1S/C17H23ClN2O4S/c1-3-11(2)15(17(24)19-8-9-25-10-14(21)22)20-16(23)12-4-6-13(18)7-5-12/h4-7,11,15H,3,8-10H2,1-2H3,(H,19,24)(H,20,23)(H,21,22). The summed E-state index contributed by atoms with van der Waals surface area (Å²) in [5.74, 6) is -1.04. The van der Waals surface area contributed by atoms with E-state index in [9.17, 15) is 14.4 Å². The van der Waals surface area contributed by atoms with Gasteiger partial charge in [-0.25, -0.2) is 0 Å². The SMILES string of the molecule is CCC(C)C(NC(=O)c1ccc(Cl)cc1)C(=O)NCCSCC(=O)O. The van der Waals surface area contributed by atoms with Crippen LogP contribution in [0.5, 0.6) is 0 Å². The van der Waals surface area contributed by atoms with E-state index in [1.165, 1.54) is 11.8 Å². The normalized spacial score (nSPS) is 12.9. The highest BCUT2D eigenvalue weighted by Gasteiger charge is 2.26. The van der Waals surface area contributed by atoms with Crippen LogP contribution >= 0.6 is 23.4 Å². The smallest absolute Gasteiger partial charge is 0.313 e. The predicted molar refractivity (Wildman–Crippen MR) is 100 cm³/mol. The molecule has 1 rings (SSSR count). The summed E-state index contributed by atoms with van der Waals surface area (Å²) in [7, 11) is 0. The van der Waals surface area contributed by atoms with Gasteiger partial charge in [0.15, 0.2) is 0 Å². The molecule has 0 aromatic heterocycles. The monoisotopic (exact) mass is 386 g/mol. The van der Waals surface area contributed by atoms with Gasteiger partial charge in [-0.1, -0.05) is 31.9 Å². The van der Waals surface area contributed by atoms with Crippen molar-refractivity contribution in [3.8, 4) is 0 Å². The zero-order valence-electron chi connectivity index (χ0n) is 14.3. The number of aliphatic carboxylic acids is 1. The Bertz CT molecular complexity index is 595. The van der Waals surface area contributed by atoms with Gasteiger partial charge in [-0.3, -0.25) is 14.4 Å². The molecule has 8 heteroatoms. The number of rotatable bonds is 10. The number of amides is 2. The Morgan fingerprint density at radius 1 is 1.24 bits per heavy atom. The molecule has 0 fully saturated rings. The molecule has 0 saturated carbocycles. The van der Waals surface area contributed by atoms with Gasteiger partial charge in [0.1, 0.15) is 6.04 Å². The third-order valence-corrected chi connectivity index (χ3v) is 4.86. The lowest BCUT2D eigenvalue weighted by Crippen LogP contribution is -2.50. The van der Waals surface area contributed by atoms with E-state index in [1.807, 2.05) is 13.8 Å². The molecule has 25 heavy (non-hydrogen) atoms. The van der Waals surface area contributed by atoms with Crippen molar-refractivity contribution < 1.29 is 19.5 Å². The zero-order chi connectivity index (χ0) is 18.8. The van der Waals surface area contributed by atoms with E-state index in [-0.39, 0.29) is 23.5 Å². The number of halogens is 1. The number of carboxylic acids is 1. The molecular weight excluding hydrogens is 364 g/mol. The van der Waals surface area contributed by atoms with Crippen molar-refractivity contribution in [2.75, 3.05) is 18.1 Å². The molecule has 3 N–H and O–H groups in total. The predicted octanol–water partition coefficient (Wildman–Crippen LogP) is 2.42. The van der Waals surface area contributed by atoms with Gasteiger partial charge >= 0.3 is 5.97 Å². The van der Waals surface area contributed by atoms with Crippen molar-refractivity contribution in [3.05, 3.63) is 34.9 Å². The van der Waals surface area contributed by atoms with Crippen LogP contribution in [0.1, 0.15) is 30.6 Å². The van der Waals surface area contributed by atoms with E-state index in [2.05, 4.69) is 10.6 Å². The fourth-order valence-electron chi connectivity index (χ4n) is 2.04. The molecule has 0 heterocycles. The first-order valence-corrected chi connectivity index (χ1v) is 9.52. The van der Waals surface area contributed by atoms with Crippen molar-refractivity contribution in [1.29, 1.82) is 0 Å². The largest absolute Gasteiger partial charge is 0.481 e. The van der Waals surface area contributed by atoms with E-state index >= 15 is 0 Å². The van der Waals surface area contributed by atoms with Crippen LogP contribution in [0.3, 0.4) is 0 Å². The maximum Gasteiger partial charge on any atom is 0.313 e. The van der Waals surface area contributed by atoms with E-state index in [4.69, 9.17) is 16.7 Å². The van der Waals surface area contributed by atoms with Crippen LogP contribution in [-0.4, -0.2) is 47.0 Å². The molecule has 0 spiro atoms. The Labute approximate surface area is 156 Å². The number of carbonyl (C=O) groups excluding carboxylic acids is 2. The molecule has 138 valence electrons. The number of thioether (sulfide) groups is 1. The maximum absolute atomic E-state index is 12.4. The number of nitrogens with one attached hydrogen (secondary N) is 2.